The van der Waals surface area contributed by atoms with Crippen LogP contribution in [0.2, 0.25) is 0 Å². The van der Waals surface area contributed by atoms with Crippen LogP contribution in [-0.4, -0.2) is 21.9 Å². The maximum atomic E-state index is 0. The van der Waals surface area contributed by atoms with Gasteiger partial charge in [0, 0.05) is 62.9 Å². The average Bonchev–Trinajstić information content (AvgIpc) is 0. The van der Waals surface area contributed by atoms with Crippen molar-refractivity contribution < 1.29 is 84.8 Å². The molecule has 0 saturated carbocycles. The zero-order chi connectivity index (χ0) is 0. The number of hydrogen-bond acceptors (Lipinski definition) is 0. The average molecular weight is 233 g/mol. The van der Waals surface area contributed by atoms with Crippen molar-refractivity contribution in [3.05, 3.63) is 0 Å². The van der Waals surface area contributed by atoms with Crippen LogP contribution in [-0.2, 0) is 62.9 Å². The predicted molar refractivity (Wildman–Crippen MR) is 14.5 cm³/mol. The first-order valence-electron chi connectivity index (χ1n) is 0. The molecule has 0 heterocycles. The second kappa shape index (κ2) is 105. The Kier molecular flexibility index (Phi) is 2310. The minimum Gasteiger partial charge on any atom is -0.412 e. The Bertz CT molecular complexity index is 9.65. The van der Waals surface area contributed by atoms with E-state index in [9.17, 15) is 0 Å². The fraction of sp³-hybridized carbons (Fsp3) is 0. The topological polar surface area (TPSA) is 126 Å². The fourth-order valence-electron chi connectivity index (χ4n) is 0. The first-order chi connectivity index (χ1) is 0. The molecule has 0 rings (SSSR count). The minimum absolute atomic E-state index is 0. The van der Waals surface area contributed by atoms with Gasteiger partial charge in [0.1, 0.15) is 0 Å². The van der Waals surface area contributed by atoms with Crippen molar-refractivity contribution in [1.29, 1.82) is 0 Å². The maximum Gasteiger partial charge on any atom is 0 e. The fourth-order valence-corrected chi connectivity index (χ4v) is 0. The Morgan fingerprint density at radius 1 is 0.429 bits per heavy atom. The molecule has 0 amide bonds. The van der Waals surface area contributed by atoms with Crippen LogP contribution in [0.4, 0.5) is 0 Å². The summed E-state index contributed by atoms with van der Waals surface area (Å²) in [4.78, 5) is 0. The van der Waals surface area contributed by atoms with E-state index in [-0.39, 0.29) is 84.8 Å². The van der Waals surface area contributed by atoms with Gasteiger partial charge in [-0.15, -0.1) is 0 Å². The van der Waals surface area contributed by atoms with E-state index in [0.717, 1.165) is 0 Å². The molecular formula is H8O4Ti2Zn. The predicted octanol–water partition coefficient (Wildman–Crippen LogP) is -3.31. The van der Waals surface area contributed by atoms with Crippen LogP contribution in [0, 0.1) is 0 Å². The Balaban J connectivity index is 0. The van der Waals surface area contributed by atoms with Gasteiger partial charge in [0.25, 0.3) is 0 Å². The van der Waals surface area contributed by atoms with E-state index in [1.807, 2.05) is 0 Å². The van der Waals surface area contributed by atoms with Crippen LogP contribution in [0.15, 0.2) is 0 Å². The molecule has 0 aromatic carbocycles. The van der Waals surface area contributed by atoms with Crippen LogP contribution in [0.5, 0.6) is 0 Å². The number of hydrogen-bond donors (Lipinski definition) is 0. The third-order valence-corrected chi connectivity index (χ3v) is 0. The number of rotatable bonds is 0. The Morgan fingerprint density at radius 3 is 0.429 bits per heavy atom. The van der Waals surface area contributed by atoms with Gasteiger partial charge in [-0.3, -0.25) is 0 Å². The van der Waals surface area contributed by atoms with Crippen molar-refractivity contribution in [2.45, 2.75) is 0 Å². The molecule has 0 atom stereocenters. The molecule has 42 valence electrons. The molecule has 0 aliphatic carbocycles. The molecule has 4 nitrogen and oxygen atoms in total. The third-order valence-electron chi connectivity index (χ3n) is 0. The molecular weight excluding hydrogens is 225 g/mol. The van der Waals surface area contributed by atoms with Crippen molar-refractivity contribution in [2.24, 2.45) is 0 Å². The molecule has 0 aliphatic rings. The maximum absolute atomic E-state index is 0. The zero-order valence-electron chi connectivity index (χ0n) is 3.71. The Hall–Kier alpha value is 1.89. The van der Waals surface area contributed by atoms with Crippen molar-refractivity contribution in [3.8, 4) is 0 Å². The Morgan fingerprint density at radius 2 is 0.429 bits per heavy atom. The largest absolute Gasteiger partial charge is 0.412 e. The molecule has 0 spiro atoms. The molecule has 7 heavy (non-hydrogen) atoms. The molecule has 0 bridgehead atoms. The smallest absolute Gasteiger partial charge is 0 e. The van der Waals surface area contributed by atoms with E-state index in [2.05, 4.69) is 0 Å². The van der Waals surface area contributed by atoms with Crippen molar-refractivity contribution in [3.63, 3.8) is 0 Å². The van der Waals surface area contributed by atoms with E-state index in [4.69, 9.17) is 0 Å². The van der Waals surface area contributed by atoms with Crippen LogP contribution >= 0.6 is 0 Å². The summed E-state index contributed by atoms with van der Waals surface area (Å²) in [5, 5.41) is 0. The molecule has 8 N–H and O–H groups in total. The third kappa shape index (κ3) is 76.5. The van der Waals surface area contributed by atoms with Gasteiger partial charge in [0.15, 0.2) is 0 Å². The summed E-state index contributed by atoms with van der Waals surface area (Å²) in [5.41, 5.74) is 0. The summed E-state index contributed by atoms with van der Waals surface area (Å²) in [6.45, 7) is 0. The van der Waals surface area contributed by atoms with Gasteiger partial charge in [-0.05, 0) is 0 Å². The first kappa shape index (κ1) is 155. The van der Waals surface area contributed by atoms with Gasteiger partial charge in [0.2, 0.25) is 0 Å². The second-order valence-corrected chi connectivity index (χ2v) is 0. The summed E-state index contributed by atoms with van der Waals surface area (Å²) in [7, 11) is 0. The first-order valence-corrected chi connectivity index (χ1v) is 0. The monoisotopic (exact) mass is 232 g/mol. The summed E-state index contributed by atoms with van der Waals surface area (Å²) in [6.07, 6.45) is 0. The normalized spacial score (nSPS) is 0. The van der Waals surface area contributed by atoms with E-state index in [0.29, 0.717) is 0 Å². The summed E-state index contributed by atoms with van der Waals surface area (Å²) < 4.78 is 0. The van der Waals surface area contributed by atoms with E-state index in [1.165, 1.54) is 0 Å². The van der Waals surface area contributed by atoms with Crippen molar-refractivity contribution >= 4 is 0 Å². The van der Waals surface area contributed by atoms with E-state index in [1.54, 1.807) is 0 Å². The van der Waals surface area contributed by atoms with Crippen LogP contribution in [0.3, 0.4) is 0 Å². The van der Waals surface area contributed by atoms with Gasteiger partial charge in [0.05, 0.1) is 0 Å². The Labute approximate surface area is 84.2 Å². The van der Waals surface area contributed by atoms with E-state index < -0.39 is 0 Å². The van der Waals surface area contributed by atoms with E-state index >= 15 is 0 Å². The van der Waals surface area contributed by atoms with Gasteiger partial charge < -0.3 is 21.9 Å². The molecule has 0 aromatic rings. The molecule has 7 heteroatoms. The zero-order valence-corrected chi connectivity index (χ0v) is 9.80. The van der Waals surface area contributed by atoms with Gasteiger partial charge in [-0.1, -0.05) is 0 Å². The molecule has 0 saturated heterocycles. The van der Waals surface area contributed by atoms with Crippen molar-refractivity contribution in [1.82, 2.24) is 0 Å². The molecule has 0 fully saturated rings. The summed E-state index contributed by atoms with van der Waals surface area (Å²) >= 11 is 0. The second-order valence-electron chi connectivity index (χ2n) is 0. The van der Waals surface area contributed by atoms with Crippen LogP contribution < -0.4 is 0 Å². The summed E-state index contributed by atoms with van der Waals surface area (Å²) in [6, 6.07) is 0. The molecule has 0 aliphatic heterocycles. The van der Waals surface area contributed by atoms with Gasteiger partial charge >= 0.3 is 0 Å². The standard InChI is InChI=1S/4H2O.2Ti.Zn/h4*1H2;;;. The SMILES string of the molecule is O.O.O.O.[Ti].[Ti].[Zn]. The summed E-state index contributed by atoms with van der Waals surface area (Å²) in [5.74, 6) is 0. The van der Waals surface area contributed by atoms with Gasteiger partial charge in [-0.25, -0.2) is 0 Å². The molecule has 0 unspecified atom stereocenters. The van der Waals surface area contributed by atoms with Gasteiger partial charge in [-0.2, -0.15) is 0 Å². The minimum atomic E-state index is 0. The molecule has 0 radical (unpaired) electrons. The quantitative estimate of drug-likeness (QED) is 0.388. The van der Waals surface area contributed by atoms with Crippen LogP contribution in [0.25, 0.3) is 0 Å². The van der Waals surface area contributed by atoms with Crippen molar-refractivity contribution in [2.75, 3.05) is 0 Å². The molecule has 0 aromatic heterocycles. The van der Waals surface area contributed by atoms with Crippen LogP contribution in [0.1, 0.15) is 0 Å².